The average molecular weight is 1020 g/mol. The minimum Gasteiger partial charge on any atom is -0.455 e. The first-order valence-electron chi connectivity index (χ1n) is 25.7. The summed E-state index contributed by atoms with van der Waals surface area (Å²) < 4.78 is 16.1. The molecule has 17 aromatic rings. The smallest absolute Gasteiger partial charge is 0.455 e. The zero-order valence-corrected chi connectivity index (χ0v) is 42.0. The summed E-state index contributed by atoms with van der Waals surface area (Å²) in [5.74, 6) is 0. The van der Waals surface area contributed by atoms with Crippen molar-refractivity contribution in [2.75, 3.05) is 0 Å². The minimum atomic E-state index is 0.0917. The van der Waals surface area contributed by atoms with Gasteiger partial charge in [-0.3, -0.25) is 0 Å². The van der Waals surface area contributed by atoms with Crippen LogP contribution in [0.25, 0.3) is 172 Å². The molecule has 0 saturated carbocycles. The molecule has 0 spiro atoms. The van der Waals surface area contributed by atoms with Gasteiger partial charge in [0, 0.05) is 5.39 Å². The standard InChI is InChI=1S/C72H40O2Se/c1-3-16-46-41(14-1)28-33-56-60-38-43(30-35-63(60)73-70(46)56)66-48-18-5-7-20-50(48)68(51-21-8-6-19-49(51)66)45-32-37-65-62(40-45)58-26-13-27-59(72(58)75-65)69-54-24-11-9-22-52(54)67(53-23-10-12-25-55(53)69)44-31-36-64-61(39-44)57-34-29-42-15-2-4-17-47(42)71(57)74-64/h1-40H. The second-order valence-electron chi connectivity index (χ2n) is 20.1. The van der Waals surface area contributed by atoms with Gasteiger partial charge in [-0.1, -0.05) is 54.6 Å². The topological polar surface area (TPSA) is 26.3 Å². The Morgan fingerprint density at radius 2 is 0.613 bits per heavy atom. The number of fused-ring (bicyclic) bond motifs is 17. The SMILES string of the molecule is c1ccc2c(c1)ccc1c3cc(-c4c5ccccc5c(-c5ccc6[se]c7c(-c8c9ccccc9c(-c9ccc%10oc%11c%12ccccc%12ccc%11c%10c9)c9ccccc89)cccc7c6c5)c5ccccc45)ccc3oc21. The Kier molecular flexibility index (Phi) is 8.60. The third-order valence-corrected chi connectivity index (χ3v) is 18.8. The van der Waals surface area contributed by atoms with Gasteiger partial charge in [-0.25, -0.2) is 0 Å². The summed E-state index contributed by atoms with van der Waals surface area (Å²) in [4.78, 5) is 0. The van der Waals surface area contributed by atoms with E-state index in [9.17, 15) is 0 Å². The molecule has 0 bridgehead atoms. The van der Waals surface area contributed by atoms with Crippen molar-refractivity contribution < 1.29 is 8.83 Å². The fourth-order valence-electron chi connectivity index (χ4n) is 13.0. The van der Waals surface area contributed by atoms with Crippen LogP contribution in [0, 0.1) is 0 Å². The zero-order chi connectivity index (χ0) is 48.9. The van der Waals surface area contributed by atoms with Gasteiger partial charge in [0.1, 0.15) is 5.58 Å². The summed E-state index contributed by atoms with van der Waals surface area (Å²) in [6, 6.07) is 89.8. The van der Waals surface area contributed by atoms with Gasteiger partial charge in [0.2, 0.25) is 0 Å². The maximum atomic E-state index is 6.60. The minimum absolute atomic E-state index is 0.0917. The predicted molar refractivity (Wildman–Crippen MR) is 320 cm³/mol. The first-order chi connectivity index (χ1) is 37.2. The van der Waals surface area contributed by atoms with Crippen molar-refractivity contribution in [1.29, 1.82) is 0 Å². The van der Waals surface area contributed by atoms with Gasteiger partial charge in [-0.15, -0.1) is 0 Å². The summed E-state index contributed by atoms with van der Waals surface area (Å²) in [6.07, 6.45) is 0. The van der Waals surface area contributed by atoms with Crippen LogP contribution in [0.5, 0.6) is 0 Å². The average Bonchev–Trinajstić information content (AvgIpc) is 4.20. The van der Waals surface area contributed by atoms with Gasteiger partial charge < -0.3 is 4.42 Å². The number of hydrogen-bond donors (Lipinski definition) is 0. The Bertz CT molecular complexity index is 5200. The Morgan fingerprint density at radius 1 is 0.240 bits per heavy atom. The molecule has 2 nitrogen and oxygen atoms in total. The molecular weight excluding hydrogens is 976 g/mol. The summed E-state index contributed by atoms with van der Waals surface area (Å²) in [7, 11) is 0. The van der Waals surface area contributed by atoms with Crippen LogP contribution >= 0.6 is 0 Å². The zero-order valence-electron chi connectivity index (χ0n) is 40.3. The van der Waals surface area contributed by atoms with Crippen LogP contribution in [-0.2, 0) is 0 Å². The molecule has 14 aromatic carbocycles. The van der Waals surface area contributed by atoms with Crippen molar-refractivity contribution in [3.8, 4) is 44.5 Å². The quantitative estimate of drug-likeness (QED) is 0.130. The van der Waals surface area contributed by atoms with E-state index >= 15 is 0 Å². The maximum absolute atomic E-state index is 6.60. The molecule has 3 aromatic heterocycles. The Hall–Kier alpha value is -9.24. The molecule has 0 aliphatic rings. The van der Waals surface area contributed by atoms with Crippen LogP contribution in [0.3, 0.4) is 0 Å². The Morgan fingerprint density at radius 3 is 1.07 bits per heavy atom. The monoisotopic (exact) mass is 1020 g/mol. The van der Waals surface area contributed by atoms with E-state index in [0.717, 1.165) is 54.6 Å². The second kappa shape index (κ2) is 15.6. The number of hydrogen-bond acceptors (Lipinski definition) is 2. The summed E-state index contributed by atoms with van der Waals surface area (Å²) in [6.45, 7) is 0. The molecule has 0 radical (unpaired) electrons. The second-order valence-corrected chi connectivity index (χ2v) is 22.3. The van der Waals surface area contributed by atoms with Crippen LogP contribution in [0.2, 0.25) is 0 Å². The van der Waals surface area contributed by atoms with E-state index in [4.69, 9.17) is 8.83 Å². The van der Waals surface area contributed by atoms with Crippen LogP contribution < -0.4 is 0 Å². The number of rotatable bonds is 4. The molecule has 0 amide bonds. The van der Waals surface area contributed by atoms with Gasteiger partial charge in [0.25, 0.3) is 0 Å². The molecule has 0 atom stereocenters. The van der Waals surface area contributed by atoms with E-state index in [0.29, 0.717) is 0 Å². The van der Waals surface area contributed by atoms with Gasteiger partial charge >= 0.3 is 351 Å². The summed E-state index contributed by atoms with van der Waals surface area (Å²) >= 11 is 0.0917. The molecule has 3 heterocycles. The Balaban J connectivity index is 0.843. The molecule has 0 N–H and O–H groups in total. The third kappa shape index (κ3) is 5.91. The summed E-state index contributed by atoms with van der Waals surface area (Å²) in [5, 5.41) is 21.9. The van der Waals surface area contributed by atoms with E-state index in [1.807, 2.05) is 0 Å². The predicted octanol–water partition coefficient (Wildman–Crippen LogP) is 20.4. The molecule has 75 heavy (non-hydrogen) atoms. The van der Waals surface area contributed by atoms with Crippen LogP contribution in [0.4, 0.5) is 0 Å². The van der Waals surface area contributed by atoms with E-state index in [2.05, 4.69) is 243 Å². The van der Waals surface area contributed by atoms with Crippen molar-refractivity contribution >= 4 is 142 Å². The summed E-state index contributed by atoms with van der Waals surface area (Å²) in [5.41, 5.74) is 13.7. The molecule has 0 aliphatic carbocycles. The van der Waals surface area contributed by atoms with Crippen molar-refractivity contribution in [3.05, 3.63) is 243 Å². The molecule has 17 rings (SSSR count). The van der Waals surface area contributed by atoms with Gasteiger partial charge in [0.15, 0.2) is 0 Å². The van der Waals surface area contributed by atoms with E-state index in [-0.39, 0.29) is 14.5 Å². The van der Waals surface area contributed by atoms with Crippen molar-refractivity contribution in [2.45, 2.75) is 0 Å². The first-order valence-corrected chi connectivity index (χ1v) is 27.4. The fourth-order valence-corrected chi connectivity index (χ4v) is 15.5. The fraction of sp³-hybridized carbons (Fsp3) is 0. The van der Waals surface area contributed by atoms with E-state index < -0.39 is 0 Å². The van der Waals surface area contributed by atoms with Crippen LogP contribution in [0.15, 0.2) is 251 Å². The molecule has 346 valence electrons. The van der Waals surface area contributed by atoms with Crippen molar-refractivity contribution in [1.82, 2.24) is 0 Å². The van der Waals surface area contributed by atoms with Crippen LogP contribution in [-0.4, -0.2) is 14.5 Å². The van der Waals surface area contributed by atoms with E-state index in [1.165, 1.54) is 118 Å². The number of furan rings is 2. The van der Waals surface area contributed by atoms with Crippen LogP contribution in [0.1, 0.15) is 0 Å². The van der Waals surface area contributed by atoms with Crippen molar-refractivity contribution in [3.63, 3.8) is 0 Å². The normalized spacial score (nSPS) is 12.3. The van der Waals surface area contributed by atoms with Gasteiger partial charge in [0.05, 0.1) is 0 Å². The van der Waals surface area contributed by atoms with E-state index in [1.54, 1.807) is 0 Å². The number of benzene rings is 14. The Labute approximate surface area is 435 Å². The molecule has 0 saturated heterocycles. The first kappa shape index (κ1) is 41.3. The molecule has 3 heteroatoms. The van der Waals surface area contributed by atoms with Gasteiger partial charge in [-0.2, -0.15) is 0 Å². The third-order valence-electron chi connectivity index (χ3n) is 16.2. The molecular formula is C72H40O2Se. The molecule has 0 fully saturated rings. The van der Waals surface area contributed by atoms with Crippen molar-refractivity contribution in [2.24, 2.45) is 0 Å². The van der Waals surface area contributed by atoms with Gasteiger partial charge in [-0.05, 0) is 16.8 Å². The molecule has 0 aliphatic heterocycles. The molecule has 0 unspecified atom stereocenters.